The zero-order valence-corrected chi connectivity index (χ0v) is 17.3. The molecule has 0 aliphatic carbocycles. The largest absolute Gasteiger partial charge is 0.348 e. The topological polar surface area (TPSA) is 52.7 Å². The Kier molecular flexibility index (Phi) is 6.76. The monoisotopic (exact) mass is 425 g/mol. The molecule has 3 rings (SSSR count). The Labute approximate surface area is 172 Å². The van der Waals surface area contributed by atoms with E-state index in [0.29, 0.717) is 42.8 Å². The van der Waals surface area contributed by atoms with E-state index in [0.717, 1.165) is 10.4 Å². The standard InChI is InChI=1S/C19H21Cl2N3O2S/c1-13(15-5-4-14(20)11-16(15)21)22-18(25)12-23-6-8-24(9-7-23)19(26)17-3-2-10-27-17/h2-5,10-11,13H,6-9,12H2,1H3,(H,22,25). The molecular weight excluding hydrogens is 405 g/mol. The summed E-state index contributed by atoms with van der Waals surface area (Å²) in [5.41, 5.74) is 0.834. The first-order valence-electron chi connectivity index (χ1n) is 8.73. The molecule has 2 heterocycles. The lowest BCUT2D eigenvalue weighted by molar-refractivity contribution is -0.123. The average molecular weight is 426 g/mol. The maximum absolute atomic E-state index is 12.4. The van der Waals surface area contributed by atoms with Gasteiger partial charge in [-0.3, -0.25) is 14.5 Å². The van der Waals surface area contributed by atoms with Crippen molar-refractivity contribution in [1.82, 2.24) is 15.1 Å². The van der Waals surface area contributed by atoms with Crippen LogP contribution in [0.15, 0.2) is 35.7 Å². The lowest BCUT2D eigenvalue weighted by Crippen LogP contribution is -2.51. The van der Waals surface area contributed by atoms with E-state index in [1.807, 2.05) is 35.4 Å². The molecule has 8 heteroatoms. The Morgan fingerprint density at radius 3 is 2.56 bits per heavy atom. The molecule has 2 aromatic rings. The van der Waals surface area contributed by atoms with Gasteiger partial charge in [0.2, 0.25) is 5.91 Å². The number of hydrogen-bond donors (Lipinski definition) is 1. The molecular formula is C19H21Cl2N3O2S. The van der Waals surface area contributed by atoms with Crippen LogP contribution in [-0.2, 0) is 4.79 Å². The molecule has 1 N–H and O–H groups in total. The number of piperazine rings is 1. The van der Waals surface area contributed by atoms with Gasteiger partial charge in [0.15, 0.2) is 0 Å². The number of carbonyl (C=O) groups excluding carboxylic acids is 2. The van der Waals surface area contributed by atoms with Crippen LogP contribution in [-0.4, -0.2) is 54.3 Å². The molecule has 1 aromatic heterocycles. The Morgan fingerprint density at radius 2 is 1.93 bits per heavy atom. The minimum atomic E-state index is -0.205. The van der Waals surface area contributed by atoms with Crippen molar-refractivity contribution in [2.45, 2.75) is 13.0 Å². The van der Waals surface area contributed by atoms with Crippen LogP contribution in [0, 0.1) is 0 Å². The molecule has 2 amide bonds. The quantitative estimate of drug-likeness (QED) is 0.794. The van der Waals surface area contributed by atoms with Gasteiger partial charge in [-0.15, -0.1) is 11.3 Å². The number of thiophene rings is 1. The summed E-state index contributed by atoms with van der Waals surface area (Å²) >= 11 is 13.6. The van der Waals surface area contributed by atoms with Gasteiger partial charge < -0.3 is 10.2 Å². The van der Waals surface area contributed by atoms with Crippen LogP contribution in [0.25, 0.3) is 0 Å². The van der Waals surface area contributed by atoms with Crippen molar-refractivity contribution in [2.75, 3.05) is 32.7 Å². The molecule has 1 fully saturated rings. The molecule has 1 atom stereocenters. The summed E-state index contributed by atoms with van der Waals surface area (Å²) in [6.07, 6.45) is 0. The predicted octanol–water partition coefficient (Wildman–Crippen LogP) is 3.69. The average Bonchev–Trinajstić information content (AvgIpc) is 3.16. The highest BCUT2D eigenvalue weighted by molar-refractivity contribution is 7.12. The second-order valence-electron chi connectivity index (χ2n) is 6.50. The van der Waals surface area contributed by atoms with Crippen LogP contribution in [0.5, 0.6) is 0 Å². The number of halogens is 2. The first-order valence-corrected chi connectivity index (χ1v) is 10.4. The van der Waals surface area contributed by atoms with Gasteiger partial charge in [-0.2, -0.15) is 0 Å². The van der Waals surface area contributed by atoms with Crippen LogP contribution in [0.3, 0.4) is 0 Å². The number of carbonyl (C=O) groups is 2. The predicted molar refractivity (Wildman–Crippen MR) is 110 cm³/mol. The third-order valence-corrected chi connectivity index (χ3v) is 5.99. The minimum Gasteiger partial charge on any atom is -0.348 e. The van der Waals surface area contributed by atoms with Crippen molar-refractivity contribution in [3.05, 3.63) is 56.2 Å². The molecule has 0 bridgehead atoms. The van der Waals surface area contributed by atoms with Gasteiger partial charge in [0, 0.05) is 36.2 Å². The molecule has 0 radical (unpaired) electrons. The van der Waals surface area contributed by atoms with Gasteiger partial charge in [0.25, 0.3) is 5.91 Å². The number of amides is 2. The molecule has 1 aliphatic rings. The Hall–Kier alpha value is -1.60. The van der Waals surface area contributed by atoms with Crippen LogP contribution in [0.4, 0.5) is 0 Å². The van der Waals surface area contributed by atoms with Crippen molar-refractivity contribution >= 4 is 46.4 Å². The highest BCUT2D eigenvalue weighted by atomic mass is 35.5. The Bertz CT molecular complexity index is 805. The summed E-state index contributed by atoms with van der Waals surface area (Å²) in [5.74, 6) is 0.00616. The van der Waals surface area contributed by atoms with E-state index in [9.17, 15) is 9.59 Å². The van der Waals surface area contributed by atoms with E-state index < -0.39 is 0 Å². The fourth-order valence-electron chi connectivity index (χ4n) is 3.09. The van der Waals surface area contributed by atoms with Gasteiger partial charge in [0.1, 0.15) is 0 Å². The maximum atomic E-state index is 12.4. The molecule has 1 aromatic carbocycles. The third kappa shape index (κ3) is 5.23. The van der Waals surface area contributed by atoms with Crippen LogP contribution in [0.1, 0.15) is 28.2 Å². The van der Waals surface area contributed by atoms with E-state index in [1.54, 1.807) is 12.1 Å². The third-order valence-electron chi connectivity index (χ3n) is 4.57. The molecule has 5 nitrogen and oxygen atoms in total. The zero-order chi connectivity index (χ0) is 19.4. The fourth-order valence-corrected chi connectivity index (χ4v) is 4.35. The Morgan fingerprint density at radius 1 is 1.19 bits per heavy atom. The van der Waals surface area contributed by atoms with Crippen molar-refractivity contribution < 1.29 is 9.59 Å². The van der Waals surface area contributed by atoms with Crippen LogP contribution in [0.2, 0.25) is 10.0 Å². The van der Waals surface area contributed by atoms with Crippen LogP contribution < -0.4 is 5.32 Å². The molecule has 144 valence electrons. The number of benzene rings is 1. The maximum Gasteiger partial charge on any atom is 0.264 e. The fraction of sp³-hybridized carbons (Fsp3) is 0.368. The molecule has 1 saturated heterocycles. The number of nitrogens with zero attached hydrogens (tertiary/aromatic N) is 2. The second-order valence-corrected chi connectivity index (χ2v) is 8.29. The lowest BCUT2D eigenvalue weighted by Gasteiger charge is -2.34. The smallest absolute Gasteiger partial charge is 0.264 e. The van der Waals surface area contributed by atoms with Gasteiger partial charge in [-0.25, -0.2) is 0 Å². The number of hydrogen-bond acceptors (Lipinski definition) is 4. The van der Waals surface area contributed by atoms with E-state index in [1.165, 1.54) is 11.3 Å². The SMILES string of the molecule is CC(NC(=O)CN1CCN(C(=O)c2cccs2)CC1)c1ccc(Cl)cc1Cl. The molecule has 1 unspecified atom stereocenters. The zero-order valence-electron chi connectivity index (χ0n) is 15.0. The molecule has 27 heavy (non-hydrogen) atoms. The number of nitrogens with one attached hydrogen (secondary N) is 1. The van der Waals surface area contributed by atoms with Crippen molar-refractivity contribution in [3.63, 3.8) is 0 Å². The van der Waals surface area contributed by atoms with Gasteiger partial charge in [-0.05, 0) is 36.1 Å². The van der Waals surface area contributed by atoms with E-state index in [-0.39, 0.29) is 17.9 Å². The summed E-state index contributed by atoms with van der Waals surface area (Å²) in [7, 11) is 0. The number of rotatable bonds is 5. The second kappa shape index (κ2) is 9.06. The van der Waals surface area contributed by atoms with Crippen LogP contribution >= 0.6 is 34.5 Å². The van der Waals surface area contributed by atoms with Crippen molar-refractivity contribution in [1.29, 1.82) is 0 Å². The first-order chi connectivity index (χ1) is 12.9. The van der Waals surface area contributed by atoms with Gasteiger partial charge in [-0.1, -0.05) is 35.3 Å². The summed E-state index contributed by atoms with van der Waals surface area (Å²) < 4.78 is 0. The first kappa shape index (κ1) is 20.1. The Balaban J connectivity index is 1.47. The van der Waals surface area contributed by atoms with E-state index in [4.69, 9.17) is 23.2 Å². The molecule has 0 saturated carbocycles. The highest BCUT2D eigenvalue weighted by Gasteiger charge is 2.24. The molecule has 0 spiro atoms. The van der Waals surface area contributed by atoms with E-state index in [2.05, 4.69) is 10.2 Å². The normalized spacial score (nSPS) is 16.2. The highest BCUT2D eigenvalue weighted by Crippen LogP contribution is 2.26. The minimum absolute atomic E-state index is 0.0634. The molecule has 1 aliphatic heterocycles. The van der Waals surface area contributed by atoms with Gasteiger partial charge >= 0.3 is 0 Å². The lowest BCUT2D eigenvalue weighted by atomic mass is 10.1. The van der Waals surface area contributed by atoms with Gasteiger partial charge in [0.05, 0.1) is 17.5 Å². The summed E-state index contributed by atoms with van der Waals surface area (Å²) in [5, 5.41) is 5.98. The van der Waals surface area contributed by atoms with Crippen molar-refractivity contribution in [3.8, 4) is 0 Å². The summed E-state index contributed by atoms with van der Waals surface area (Å²) in [6.45, 7) is 4.81. The van der Waals surface area contributed by atoms with Crippen molar-refractivity contribution in [2.24, 2.45) is 0 Å². The summed E-state index contributed by atoms with van der Waals surface area (Å²) in [6, 6.07) is 8.77. The summed E-state index contributed by atoms with van der Waals surface area (Å²) in [4.78, 5) is 29.4. The van der Waals surface area contributed by atoms with E-state index >= 15 is 0 Å².